The van der Waals surface area contributed by atoms with Crippen molar-refractivity contribution >= 4 is 27.6 Å². The largest absolute Gasteiger partial charge is 0.373 e. The van der Waals surface area contributed by atoms with Crippen molar-refractivity contribution in [3.63, 3.8) is 0 Å². The Kier molecular flexibility index (Phi) is 5.79. The van der Waals surface area contributed by atoms with Gasteiger partial charge in [0.1, 0.15) is 5.01 Å². The van der Waals surface area contributed by atoms with Gasteiger partial charge in [-0.1, -0.05) is 12.1 Å². The third kappa shape index (κ3) is 4.72. The first-order valence-corrected chi connectivity index (χ1v) is 9.92. The molecule has 0 spiro atoms. The number of benzene rings is 1. The van der Waals surface area contributed by atoms with Gasteiger partial charge in [-0.05, 0) is 39.8 Å². The molecule has 2 atom stereocenters. The van der Waals surface area contributed by atoms with Crippen LogP contribution in [-0.4, -0.2) is 53.3 Å². The Hall–Kier alpha value is -1.70. The van der Waals surface area contributed by atoms with Crippen LogP contribution in [0.25, 0.3) is 10.2 Å². The lowest BCUT2D eigenvalue weighted by atomic mass is 10.0. The fourth-order valence-corrected chi connectivity index (χ4v) is 4.20. The van der Waals surface area contributed by atoms with Crippen molar-refractivity contribution in [1.82, 2.24) is 20.5 Å². The Morgan fingerprint density at radius 2 is 1.96 bits per heavy atom. The number of carbonyl (C=O) groups excluding carboxylic acids is 1. The van der Waals surface area contributed by atoms with Gasteiger partial charge in [-0.25, -0.2) is 9.78 Å². The van der Waals surface area contributed by atoms with Crippen molar-refractivity contribution in [2.24, 2.45) is 0 Å². The summed E-state index contributed by atoms with van der Waals surface area (Å²) in [5.41, 5.74) is 0.853. The van der Waals surface area contributed by atoms with Gasteiger partial charge in [-0.15, -0.1) is 11.3 Å². The Morgan fingerprint density at radius 3 is 2.65 bits per heavy atom. The predicted molar refractivity (Wildman–Crippen MR) is 106 cm³/mol. The molecule has 0 bridgehead atoms. The molecule has 1 aromatic heterocycles. The summed E-state index contributed by atoms with van der Waals surface area (Å²) < 4.78 is 6.94. The van der Waals surface area contributed by atoms with Crippen molar-refractivity contribution in [3.05, 3.63) is 29.3 Å². The molecule has 2 aromatic rings. The molecule has 2 heterocycles. The molecular weight excluding hydrogens is 348 g/mol. The maximum Gasteiger partial charge on any atom is 0.315 e. The summed E-state index contributed by atoms with van der Waals surface area (Å²) >= 11 is 1.61. The number of fused-ring (bicyclic) bond motifs is 1. The van der Waals surface area contributed by atoms with Crippen molar-refractivity contribution in [3.8, 4) is 0 Å². The highest BCUT2D eigenvalue weighted by atomic mass is 32.1. The van der Waals surface area contributed by atoms with E-state index in [1.54, 1.807) is 11.3 Å². The van der Waals surface area contributed by atoms with E-state index in [-0.39, 0.29) is 23.8 Å². The van der Waals surface area contributed by atoms with Crippen LogP contribution in [0.1, 0.15) is 32.7 Å². The molecule has 0 saturated carbocycles. The molecule has 1 aliphatic rings. The lowest BCUT2D eigenvalue weighted by molar-refractivity contribution is -0.0947. The van der Waals surface area contributed by atoms with E-state index in [2.05, 4.69) is 48.2 Å². The van der Waals surface area contributed by atoms with Gasteiger partial charge in [0, 0.05) is 25.2 Å². The molecule has 3 rings (SSSR count). The van der Waals surface area contributed by atoms with Crippen LogP contribution in [0.15, 0.2) is 24.3 Å². The standard InChI is InChI=1S/C19H28N4O2S/c1-13-10-23(11-14(2)25-13)19(3,4)12-21-18(24)20-9-17-22-15-7-5-6-8-16(15)26-17/h5-8,13-14H,9-12H2,1-4H3,(H2,20,21,24)/t13-,14-/m1/s1. The topological polar surface area (TPSA) is 66.5 Å². The van der Waals surface area contributed by atoms with E-state index in [1.807, 2.05) is 24.3 Å². The quantitative estimate of drug-likeness (QED) is 0.842. The number of ether oxygens (including phenoxy) is 1. The van der Waals surface area contributed by atoms with Crippen LogP contribution in [0.2, 0.25) is 0 Å². The van der Waals surface area contributed by atoms with Crippen LogP contribution in [0.4, 0.5) is 4.79 Å². The van der Waals surface area contributed by atoms with Gasteiger partial charge in [0.2, 0.25) is 0 Å². The fraction of sp³-hybridized carbons (Fsp3) is 0.579. The molecule has 142 valence electrons. The van der Waals surface area contributed by atoms with Gasteiger partial charge in [-0.2, -0.15) is 0 Å². The number of nitrogens with one attached hydrogen (secondary N) is 2. The van der Waals surface area contributed by atoms with Crippen LogP contribution >= 0.6 is 11.3 Å². The van der Waals surface area contributed by atoms with Gasteiger partial charge in [-0.3, -0.25) is 4.90 Å². The smallest absolute Gasteiger partial charge is 0.315 e. The number of thiazole rings is 1. The molecule has 1 aromatic carbocycles. The molecule has 0 unspecified atom stereocenters. The lowest BCUT2D eigenvalue weighted by Gasteiger charge is -2.45. The third-order valence-corrected chi connectivity index (χ3v) is 5.73. The molecule has 2 N–H and O–H groups in total. The average Bonchev–Trinajstić information content (AvgIpc) is 3.00. The zero-order valence-corrected chi connectivity index (χ0v) is 16.7. The van der Waals surface area contributed by atoms with E-state index in [1.165, 1.54) is 0 Å². The Balaban J connectivity index is 1.48. The number of amides is 2. The Labute approximate surface area is 158 Å². The van der Waals surface area contributed by atoms with Crippen molar-refractivity contribution in [2.45, 2.75) is 52.0 Å². The summed E-state index contributed by atoms with van der Waals surface area (Å²) in [5.74, 6) is 0. The van der Waals surface area contributed by atoms with Crippen molar-refractivity contribution in [2.75, 3.05) is 19.6 Å². The number of carbonyl (C=O) groups is 1. The van der Waals surface area contributed by atoms with E-state index >= 15 is 0 Å². The third-order valence-electron chi connectivity index (χ3n) is 4.70. The molecule has 1 aliphatic heterocycles. The molecular formula is C19H28N4O2S. The number of hydrogen-bond donors (Lipinski definition) is 2. The minimum atomic E-state index is -0.160. The molecule has 1 saturated heterocycles. The predicted octanol–water partition coefficient (Wildman–Crippen LogP) is 2.98. The van der Waals surface area contributed by atoms with Gasteiger partial charge in [0.25, 0.3) is 0 Å². The second kappa shape index (κ2) is 7.90. The minimum Gasteiger partial charge on any atom is -0.373 e. The SMILES string of the molecule is C[C@@H]1CN(C(C)(C)CNC(=O)NCc2nc3ccccc3s2)C[C@@H](C)O1. The molecule has 7 heteroatoms. The van der Waals surface area contributed by atoms with Crippen LogP contribution in [0, 0.1) is 0 Å². The zero-order chi connectivity index (χ0) is 18.7. The summed E-state index contributed by atoms with van der Waals surface area (Å²) in [6.07, 6.45) is 0.428. The molecule has 0 radical (unpaired) electrons. The fourth-order valence-electron chi connectivity index (χ4n) is 3.29. The summed E-state index contributed by atoms with van der Waals surface area (Å²) in [4.78, 5) is 19.1. The Morgan fingerprint density at radius 1 is 1.27 bits per heavy atom. The molecule has 1 fully saturated rings. The first-order chi connectivity index (χ1) is 12.3. The molecule has 6 nitrogen and oxygen atoms in total. The van der Waals surface area contributed by atoms with Gasteiger partial charge >= 0.3 is 6.03 Å². The minimum absolute atomic E-state index is 0.125. The summed E-state index contributed by atoms with van der Waals surface area (Å²) in [6.45, 7) is 11.3. The van der Waals surface area contributed by atoms with Crippen LogP contribution in [0.3, 0.4) is 0 Å². The molecule has 2 amide bonds. The number of aromatic nitrogens is 1. The maximum absolute atomic E-state index is 12.2. The van der Waals surface area contributed by atoms with E-state index in [0.717, 1.165) is 28.3 Å². The molecule has 0 aliphatic carbocycles. The van der Waals surface area contributed by atoms with E-state index in [0.29, 0.717) is 13.1 Å². The highest BCUT2D eigenvalue weighted by Gasteiger charge is 2.33. The maximum atomic E-state index is 12.2. The zero-order valence-electron chi connectivity index (χ0n) is 15.9. The second-order valence-electron chi connectivity index (χ2n) is 7.59. The Bertz CT molecular complexity index is 718. The highest BCUT2D eigenvalue weighted by molar-refractivity contribution is 7.18. The summed E-state index contributed by atoms with van der Waals surface area (Å²) in [7, 11) is 0. The number of nitrogens with zero attached hydrogens (tertiary/aromatic N) is 2. The van der Waals surface area contributed by atoms with E-state index < -0.39 is 0 Å². The van der Waals surface area contributed by atoms with Crippen LogP contribution < -0.4 is 10.6 Å². The molecule has 26 heavy (non-hydrogen) atoms. The number of rotatable bonds is 5. The van der Waals surface area contributed by atoms with Gasteiger partial charge < -0.3 is 15.4 Å². The lowest BCUT2D eigenvalue weighted by Crippen LogP contribution is -2.59. The summed E-state index contributed by atoms with van der Waals surface area (Å²) in [6, 6.07) is 7.85. The van der Waals surface area contributed by atoms with Crippen LogP contribution in [-0.2, 0) is 11.3 Å². The monoisotopic (exact) mass is 376 g/mol. The van der Waals surface area contributed by atoms with Gasteiger partial charge in [0.05, 0.1) is 29.0 Å². The highest BCUT2D eigenvalue weighted by Crippen LogP contribution is 2.22. The first-order valence-electron chi connectivity index (χ1n) is 9.10. The average molecular weight is 377 g/mol. The normalized spacial score (nSPS) is 21.7. The van der Waals surface area contributed by atoms with Crippen molar-refractivity contribution in [1.29, 1.82) is 0 Å². The number of para-hydroxylation sites is 1. The first kappa shape index (κ1) is 19.1. The van der Waals surface area contributed by atoms with Gasteiger partial charge in [0.15, 0.2) is 0 Å². The van der Waals surface area contributed by atoms with E-state index in [4.69, 9.17) is 4.74 Å². The van der Waals surface area contributed by atoms with Crippen LogP contribution in [0.5, 0.6) is 0 Å². The number of morpholine rings is 1. The van der Waals surface area contributed by atoms with E-state index in [9.17, 15) is 4.79 Å². The number of hydrogen-bond acceptors (Lipinski definition) is 5. The van der Waals surface area contributed by atoms with Crippen molar-refractivity contribution < 1.29 is 9.53 Å². The summed E-state index contributed by atoms with van der Waals surface area (Å²) in [5, 5.41) is 6.82. The second-order valence-corrected chi connectivity index (χ2v) is 8.70. The number of urea groups is 1.